The molecule has 3 rings (SSSR count). The largest absolute Gasteiger partial charge is 0.449 e. The van der Waals surface area contributed by atoms with Crippen molar-refractivity contribution >= 4 is 5.97 Å². The Labute approximate surface area is 121 Å². The number of ether oxygens (including phenoxy) is 2. The van der Waals surface area contributed by atoms with Gasteiger partial charge in [0.1, 0.15) is 6.10 Å². The number of carbonyl (C=O) groups excluding carboxylic acids is 1. The van der Waals surface area contributed by atoms with E-state index in [1.165, 1.54) is 0 Å². The minimum Gasteiger partial charge on any atom is -0.446 e. The standard InChI is InChI=1S/C13H13F5O4/c1-2-8(19)21-10-7-4-3-6(5-7)9(10)22-12(20,11(10,14)15)13(16,17)18/h2,6-7,9,20H,1,3-5H2. The number of hydrogen-bond donors (Lipinski definition) is 1. The Morgan fingerprint density at radius 1 is 1.36 bits per heavy atom. The minimum atomic E-state index is -5.73. The summed E-state index contributed by atoms with van der Waals surface area (Å²) in [6.07, 6.45) is -6.10. The van der Waals surface area contributed by atoms with E-state index >= 15 is 0 Å². The van der Waals surface area contributed by atoms with E-state index in [1.54, 1.807) is 0 Å². The summed E-state index contributed by atoms with van der Waals surface area (Å²) in [5, 5.41) is 9.56. The van der Waals surface area contributed by atoms with Gasteiger partial charge >= 0.3 is 23.9 Å². The number of rotatable bonds is 2. The SMILES string of the molecule is C=CC(=O)OC12C3CCC(C3)C1OC(O)(C(F)(F)F)C2(F)F. The molecule has 1 saturated heterocycles. The van der Waals surface area contributed by atoms with E-state index < -0.39 is 47.4 Å². The zero-order valence-electron chi connectivity index (χ0n) is 11.2. The van der Waals surface area contributed by atoms with Crippen molar-refractivity contribution in [2.45, 2.75) is 48.9 Å². The van der Waals surface area contributed by atoms with Crippen LogP contribution < -0.4 is 0 Å². The maximum Gasteiger partial charge on any atom is 0.449 e. The first-order chi connectivity index (χ1) is 10.0. The molecular formula is C13H13F5O4. The average molecular weight is 328 g/mol. The lowest BCUT2D eigenvalue weighted by atomic mass is 9.76. The highest BCUT2D eigenvalue weighted by Gasteiger charge is 2.91. The lowest BCUT2D eigenvalue weighted by Gasteiger charge is -2.41. The number of esters is 1. The van der Waals surface area contributed by atoms with Crippen LogP contribution in [0, 0.1) is 11.8 Å². The van der Waals surface area contributed by atoms with E-state index in [0.29, 0.717) is 12.5 Å². The first kappa shape index (κ1) is 15.7. The van der Waals surface area contributed by atoms with E-state index in [1.807, 2.05) is 0 Å². The van der Waals surface area contributed by atoms with Crippen LogP contribution in [0.5, 0.6) is 0 Å². The van der Waals surface area contributed by atoms with Crippen molar-refractivity contribution in [3.05, 3.63) is 12.7 Å². The number of carbonyl (C=O) groups is 1. The van der Waals surface area contributed by atoms with E-state index in [0.717, 1.165) is 0 Å². The molecule has 3 fully saturated rings. The Kier molecular flexibility index (Phi) is 2.99. The van der Waals surface area contributed by atoms with Crippen LogP contribution in [0.2, 0.25) is 0 Å². The van der Waals surface area contributed by atoms with Gasteiger partial charge in [0, 0.05) is 12.0 Å². The smallest absolute Gasteiger partial charge is 0.446 e. The van der Waals surface area contributed by atoms with E-state index in [2.05, 4.69) is 11.3 Å². The number of alkyl halides is 5. The van der Waals surface area contributed by atoms with Crippen LogP contribution in [0.25, 0.3) is 0 Å². The van der Waals surface area contributed by atoms with E-state index in [4.69, 9.17) is 4.74 Å². The highest BCUT2D eigenvalue weighted by molar-refractivity contribution is 5.82. The molecule has 4 nitrogen and oxygen atoms in total. The Hall–Kier alpha value is -1.22. The van der Waals surface area contributed by atoms with Crippen LogP contribution in [0.3, 0.4) is 0 Å². The van der Waals surface area contributed by atoms with Crippen LogP contribution in [0.15, 0.2) is 12.7 Å². The second-order valence-electron chi connectivity index (χ2n) is 5.94. The monoisotopic (exact) mass is 328 g/mol. The van der Waals surface area contributed by atoms with Crippen molar-refractivity contribution in [2.24, 2.45) is 11.8 Å². The molecule has 1 heterocycles. The molecule has 1 N–H and O–H groups in total. The summed E-state index contributed by atoms with van der Waals surface area (Å²) in [4.78, 5) is 11.4. The van der Waals surface area contributed by atoms with Gasteiger partial charge in [-0.15, -0.1) is 0 Å². The summed E-state index contributed by atoms with van der Waals surface area (Å²) in [6, 6.07) is 0. The lowest BCUT2D eigenvalue weighted by Crippen LogP contribution is -2.66. The summed E-state index contributed by atoms with van der Waals surface area (Å²) in [5.74, 6) is -12.4. The van der Waals surface area contributed by atoms with Crippen molar-refractivity contribution in [3.8, 4) is 0 Å². The Bertz CT molecular complexity index is 533. The van der Waals surface area contributed by atoms with Gasteiger partial charge in [-0.25, -0.2) is 4.79 Å². The molecule has 5 unspecified atom stereocenters. The molecule has 1 aliphatic heterocycles. The molecular weight excluding hydrogens is 315 g/mol. The number of aliphatic hydroxyl groups is 1. The predicted molar refractivity (Wildman–Crippen MR) is 60.7 cm³/mol. The summed E-state index contributed by atoms with van der Waals surface area (Å²) in [6.45, 7) is 3.06. The van der Waals surface area contributed by atoms with Gasteiger partial charge in [0.05, 0.1) is 0 Å². The zero-order chi connectivity index (χ0) is 16.6. The molecule has 2 saturated carbocycles. The normalized spacial score (nSPS) is 45.6. The molecule has 0 aromatic heterocycles. The van der Waals surface area contributed by atoms with Gasteiger partial charge in [-0.3, -0.25) is 0 Å². The molecule has 2 bridgehead atoms. The third-order valence-corrected chi connectivity index (χ3v) is 4.96. The van der Waals surface area contributed by atoms with E-state index in [-0.39, 0.29) is 12.8 Å². The highest BCUT2D eigenvalue weighted by Crippen LogP contribution is 2.68. The van der Waals surface area contributed by atoms with Crippen LogP contribution in [0.1, 0.15) is 19.3 Å². The van der Waals surface area contributed by atoms with Crippen molar-refractivity contribution in [1.82, 2.24) is 0 Å². The van der Waals surface area contributed by atoms with Crippen molar-refractivity contribution in [1.29, 1.82) is 0 Å². The van der Waals surface area contributed by atoms with Gasteiger partial charge in [-0.2, -0.15) is 22.0 Å². The summed E-state index contributed by atoms with van der Waals surface area (Å²) in [5.41, 5.74) is -2.81. The Balaban J connectivity index is 2.14. The Morgan fingerprint density at radius 2 is 2.00 bits per heavy atom. The topological polar surface area (TPSA) is 55.8 Å². The van der Waals surface area contributed by atoms with Gasteiger partial charge in [-0.05, 0) is 25.2 Å². The summed E-state index contributed by atoms with van der Waals surface area (Å²) < 4.78 is 77.4. The molecule has 2 aliphatic carbocycles. The van der Waals surface area contributed by atoms with Gasteiger partial charge in [0.25, 0.3) is 0 Å². The fourth-order valence-electron chi connectivity index (χ4n) is 4.06. The molecule has 0 aromatic rings. The van der Waals surface area contributed by atoms with Gasteiger partial charge in [0.2, 0.25) is 5.60 Å². The summed E-state index contributed by atoms with van der Waals surface area (Å²) in [7, 11) is 0. The second kappa shape index (κ2) is 4.19. The number of hydrogen-bond acceptors (Lipinski definition) is 4. The molecule has 0 amide bonds. The fraction of sp³-hybridized carbons (Fsp3) is 0.769. The number of halogens is 5. The average Bonchev–Trinajstić information content (AvgIpc) is 3.02. The third-order valence-electron chi connectivity index (χ3n) is 4.96. The second-order valence-corrected chi connectivity index (χ2v) is 5.94. The predicted octanol–water partition coefficient (Wildman–Crippen LogP) is 2.17. The van der Waals surface area contributed by atoms with Crippen LogP contribution in [0.4, 0.5) is 22.0 Å². The maximum atomic E-state index is 14.6. The van der Waals surface area contributed by atoms with Crippen LogP contribution in [-0.2, 0) is 14.3 Å². The minimum absolute atomic E-state index is 0.165. The van der Waals surface area contributed by atoms with Crippen molar-refractivity contribution < 1.29 is 41.3 Å². The van der Waals surface area contributed by atoms with Crippen molar-refractivity contribution in [3.63, 3.8) is 0 Å². The molecule has 0 radical (unpaired) electrons. The first-order valence-corrected chi connectivity index (χ1v) is 6.71. The Morgan fingerprint density at radius 3 is 2.55 bits per heavy atom. The van der Waals surface area contributed by atoms with E-state index in [9.17, 15) is 31.9 Å². The van der Waals surface area contributed by atoms with Crippen molar-refractivity contribution in [2.75, 3.05) is 0 Å². The maximum absolute atomic E-state index is 14.6. The van der Waals surface area contributed by atoms with Gasteiger partial charge in [-0.1, -0.05) is 6.58 Å². The molecule has 124 valence electrons. The molecule has 5 atom stereocenters. The highest BCUT2D eigenvalue weighted by atomic mass is 19.4. The number of fused-ring (bicyclic) bond motifs is 5. The quantitative estimate of drug-likeness (QED) is 0.479. The summed E-state index contributed by atoms with van der Waals surface area (Å²) >= 11 is 0. The lowest BCUT2D eigenvalue weighted by molar-refractivity contribution is -0.415. The molecule has 9 heteroatoms. The zero-order valence-corrected chi connectivity index (χ0v) is 11.2. The molecule has 22 heavy (non-hydrogen) atoms. The van der Waals surface area contributed by atoms with Crippen LogP contribution in [-0.4, -0.2) is 40.7 Å². The van der Waals surface area contributed by atoms with Gasteiger partial charge < -0.3 is 14.6 Å². The molecule has 0 spiro atoms. The third kappa shape index (κ3) is 1.51. The fourth-order valence-corrected chi connectivity index (χ4v) is 4.06. The van der Waals surface area contributed by atoms with Gasteiger partial charge in [0.15, 0.2) is 0 Å². The van der Waals surface area contributed by atoms with Crippen LogP contribution >= 0.6 is 0 Å². The first-order valence-electron chi connectivity index (χ1n) is 6.71. The molecule has 3 aliphatic rings. The molecule has 0 aromatic carbocycles.